The number of aliphatic hydroxyl groups is 3. The van der Waals surface area contributed by atoms with Crippen LogP contribution in [0, 0.1) is 6.92 Å². The predicted molar refractivity (Wildman–Crippen MR) is 89.0 cm³/mol. The van der Waals surface area contributed by atoms with E-state index in [2.05, 4.69) is 20.4 Å². The highest BCUT2D eigenvalue weighted by Gasteiger charge is 2.29. The van der Waals surface area contributed by atoms with Gasteiger partial charge in [-0.2, -0.15) is 5.10 Å². The Morgan fingerprint density at radius 1 is 1.04 bits per heavy atom. The van der Waals surface area contributed by atoms with Crippen molar-refractivity contribution in [1.82, 2.24) is 19.7 Å². The van der Waals surface area contributed by atoms with Crippen LogP contribution in [0.2, 0.25) is 0 Å². The normalized spacial score (nSPS) is 11.8. The molecule has 0 bridgehead atoms. The van der Waals surface area contributed by atoms with Crippen molar-refractivity contribution in [2.75, 3.05) is 25.1 Å². The summed E-state index contributed by atoms with van der Waals surface area (Å²) in [7, 11) is 0. The molecule has 0 saturated heterocycles. The van der Waals surface area contributed by atoms with Gasteiger partial charge in [0.25, 0.3) is 0 Å². The maximum atomic E-state index is 9.47. The van der Waals surface area contributed by atoms with E-state index in [4.69, 9.17) is 0 Å². The third-order valence-electron chi connectivity index (χ3n) is 3.94. The lowest BCUT2D eigenvalue weighted by molar-refractivity contribution is 0.0832. The Labute approximate surface area is 138 Å². The van der Waals surface area contributed by atoms with Crippen LogP contribution in [0.25, 0.3) is 16.7 Å². The van der Waals surface area contributed by atoms with Crippen LogP contribution in [0.5, 0.6) is 0 Å². The van der Waals surface area contributed by atoms with Gasteiger partial charge in [-0.3, -0.25) is 0 Å². The van der Waals surface area contributed by atoms with Gasteiger partial charge in [-0.1, -0.05) is 17.7 Å². The average molecular weight is 329 g/mol. The highest BCUT2D eigenvalue weighted by atomic mass is 16.3. The molecule has 24 heavy (non-hydrogen) atoms. The minimum atomic E-state index is -1.27. The van der Waals surface area contributed by atoms with Gasteiger partial charge in [0.15, 0.2) is 5.65 Å². The molecule has 2 heterocycles. The first-order valence-electron chi connectivity index (χ1n) is 7.49. The van der Waals surface area contributed by atoms with Crippen molar-refractivity contribution < 1.29 is 15.3 Å². The van der Waals surface area contributed by atoms with Crippen molar-refractivity contribution in [2.24, 2.45) is 0 Å². The molecule has 0 aliphatic carbocycles. The smallest absolute Gasteiger partial charge is 0.168 e. The van der Waals surface area contributed by atoms with Crippen molar-refractivity contribution in [1.29, 1.82) is 0 Å². The lowest BCUT2D eigenvalue weighted by Crippen LogP contribution is -2.49. The van der Waals surface area contributed by atoms with Gasteiger partial charge in [0.05, 0.1) is 37.1 Å². The first kappa shape index (κ1) is 16.3. The van der Waals surface area contributed by atoms with Crippen molar-refractivity contribution in [3.8, 4) is 5.69 Å². The molecule has 8 nitrogen and oxygen atoms in total. The summed E-state index contributed by atoms with van der Waals surface area (Å²) in [6.07, 6.45) is 2.97. The number of hydrogen-bond donors (Lipinski definition) is 4. The molecule has 0 aliphatic rings. The number of fused-ring (bicyclic) bond motifs is 1. The van der Waals surface area contributed by atoms with E-state index in [1.54, 1.807) is 10.9 Å². The Hall–Kier alpha value is -2.55. The summed E-state index contributed by atoms with van der Waals surface area (Å²) in [6.45, 7) is 0.667. The second-order valence-electron chi connectivity index (χ2n) is 5.73. The second-order valence-corrected chi connectivity index (χ2v) is 5.73. The molecule has 0 saturated carbocycles. The first-order valence-corrected chi connectivity index (χ1v) is 7.49. The van der Waals surface area contributed by atoms with Crippen molar-refractivity contribution >= 4 is 16.9 Å². The summed E-state index contributed by atoms with van der Waals surface area (Å²) in [5.74, 6) is 0.385. The molecule has 0 amide bonds. The molecule has 4 N–H and O–H groups in total. The molecule has 1 aromatic carbocycles. The summed E-state index contributed by atoms with van der Waals surface area (Å²) in [6, 6.07) is 7.85. The third kappa shape index (κ3) is 2.82. The number of aliphatic hydroxyl groups excluding tert-OH is 3. The quantitative estimate of drug-likeness (QED) is 0.512. The van der Waals surface area contributed by atoms with Gasteiger partial charge in [-0.05, 0) is 19.1 Å². The Morgan fingerprint density at radius 3 is 2.33 bits per heavy atom. The highest BCUT2D eigenvalue weighted by Crippen LogP contribution is 2.24. The molecule has 0 aliphatic heterocycles. The summed E-state index contributed by atoms with van der Waals surface area (Å²) < 4.78 is 1.68. The molecule has 0 fully saturated rings. The molecule has 2 aromatic heterocycles. The van der Waals surface area contributed by atoms with Gasteiger partial charge in [0, 0.05) is 0 Å². The average Bonchev–Trinajstić information content (AvgIpc) is 3.05. The number of aromatic nitrogens is 4. The summed E-state index contributed by atoms with van der Waals surface area (Å²) in [5.41, 5.74) is 1.32. The minimum Gasteiger partial charge on any atom is -0.394 e. The van der Waals surface area contributed by atoms with E-state index in [9.17, 15) is 15.3 Å². The summed E-state index contributed by atoms with van der Waals surface area (Å²) >= 11 is 0. The number of aryl methyl sites for hydroxylation is 1. The summed E-state index contributed by atoms with van der Waals surface area (Å²) in [4.78, 5) is 8.42. The van der Waals surface area contributed by atoms with E-state index in [1.165, 1.54) is 6.33 Å². The molecule has 0 unspecified atom stereocenters. The zero-order chi connectivity index (χ0) is 17.2. The minimum absolute atomic E-state index is 0.385. The van der Waals surface area contributed by atoms with Crippen LogP contribution in [-0.4, -0.2) is 60.4 Å². The van der Waals surface area contributed by atoms with E-state index in [-0.39, 0.29) is 0 Å². The molecular weight excluding hydrogens is 310 g/mol. The van der Waals surface area contributed by atoms with Crippen LogP contribution in [0.4, 0.5) is 5.82 Å². The zero-order valence-electron chi connectivity index (χ0n) is 13.2. The molecule has 0 spiro atoms. The molecule has 0 radical (unpaired) electrons. The fraction of sp³-hybridized carbons (Fsp3) is 0.312. The van der Waals surface area contributed by atoms with Gasteiger partial charge in [0.2, 0.25) is 0 Å². The Balaban J connectivity index is 2.05. The van der Waals surface area contributed by atoms with Crippen LogP contribution in [0.1, 0.15) is 5.56 Å². The molecule has 3 rings (SSSR count). The van der Waals surface area contributed by atoms with Crippen molar-refractivity contribution in [3.63, 3.8) is 0 Å². The molecule has 126 valence electrons. The highest BCUT2D eigenvalue weighted by molar-refractivity contribution is 5.87. The first-order chi connectivity index (χ1) is 11.6. The number of nitrogens with one attached hydrogen (secondary N) is 1. The van der Waals surface area contributed by atoms with Crippen LogP contribution >= 0.6 is 0 Å². The summed E-state index contributed by atoms with van der Waals surface area (Å²) in [5, 5.41) is 36.3. The number of hydrogen-bond acceptors (Lipinski definition) is 7. The van der Waals surface area contributed by atoms with E-state index in [0.29, 0.717) is 16.9 Å². The predicted octanol–water partition coefficient (Wildman–Crippen LogP) is 0.252. The zero-order valence-corrected chi connectivity index (χ0v) is 13.2. The SMILES string of the molecule is Cc1ccc(-n2ncc3c(NC(CO)(CO)CO)ncnc32)cc1. The van der Waals surface area contributed by atoms with E-state index in [1.807, 2.05) is 31.2 Å². The lowest BCUT2D eigenvalue weighted by Gasteiger charge is -2.29. The van der Waals surface area contributed by atoms with Crippen LogP contribution < -0.4 is 5.32 Å². The van der Waals surface area contributed by atoms with Gasteiger partial charge in [-0.25, -0.2) is 14.6 Å². The number of rotatable bonds is 6. The van der Waals surface area contributed by atoms with Gasteiger partial charge in [0.1, 0.15) is 17.7 Å². The number of nitrogens with zero attached hydrogens (tertiary/aromatic N) is 4. The van der Waals surface area contributed by atoms with Crippen LogP contribution in [0.15, 0.2) is 36.8 Å². The molecule has 8 heteroatoms. The third-order valence-corrected chi connectivity index (χ3v) is 3.94. The second kappa shape index (κ2) is 6.52. The molecule has 0 atom stereocenters. The number of benzene rings is 1. The van der Waals surface area contributed by atoms with Crippen LogP contribution in [-0.2, 0) is 0 Å². The van der Waals surface area contributed by atoms with E-state index >= 15 is 0 Å². The molecular formula is C16H19N5O3. The Bertz CT molecular complexity index is 819. The Kier molecular flexibility index (Phi) is 4.43. The van der Waals surface area contributed by atoms with Crippen LogP contribution in [0.3, 0.4) is 0 Å². The Morgan fingerprint density at radius 2 is 1.71 bits per heavy atom. The largest absolute Gasteiger partial charge is 0.394 e. The van der Waals surface area contributed by atoms with Crippen molar-refractivity contribution in [2.45, 2.75) is 12.5 Å². The lowest BCUT2D eigenvalue weighted by atomic mass is 10.0. The fourth-order valence-electron chi connectivity index (χ4n) is 2.34. The topological polar surface area (TPSA) is 116 Å². The monoisotopic (exact) mass is 329 g/mol. The van der Waals surface area contributed by atoms with E-state index in [0.717, 1.165) is 11.3 Å². The van der Waals surface area contributed by atoms with Crippen molar-refractivity contribution in [3.05, 3.63) is 42.4 Å². The maximum absolute atomic E-state index is 9.47. The van der Waals surface area contributed by atoms with Gasteiger partial charge >= 0.3 is 0 Å². The van der Waals surface area contributed by atoms with Gasteiger partial charge < -0.3 is 20.6 Å². The van der Waals surface area contributed by atoms with Gasteiger partial charge in [-0.15, -0.1) is 0 Å². The number of anilines is 1. The standard InChI is InChI=1S/C16H19N5O3/c1-11-2-4-12(5-3-11)21-15-13(6-19-21)14(17-10-18-15)20-16(7-22,8-23)9-24/h2-6,10,22-24H,7-9H2,1H3,(H,17,18,20). The van der Waals surface area contributed by atoms with E-state index < -0.39 is 25.4 Å². The maximum Gasteiger partial charge on any atom is 0.168 e. The fourth-order valence-corrected chi connectivity index (χ4v) is 2.34. The molecule has 3 aromatic rings.